The van der Waals surface area contributed by atoms with E-state index in [9.17, 15) is 9.90 Å². The van der Waals surface area contributed by atoms with E-state index in [0.29, 0.717) is 71.7 Å². The number of benzene rings is 4. The molecule has 2 aliphatic heterocycles. The minimum absolute atomic E-state index is 0.111. The van der Waals surface area contributed by atoms with Crippen LogP contribution in [0.15, 0.2) is 72.8 Å². The van der Waals surface area contributed by atoms with Gasteiger partial charge in [-0.2, -0.15) is 0 Å². The fourth-order valence-electron chi connectivity index (χ4n) is 15.5. The Balaban J connectivity index is 0.808. The zero-order chi connectivity index (χ0) is 51.0. The van der Waals surface area contributed by atoms with E-state index in [2.05, 4.69) is 64.6 Å². The normalized spacial score (nSPS) is 29.9. The molecule has 0 aromatic heterocycles. The van der Waals surface area contributed by atoms with Crippen molar-refractivity contribution in [3.8, 4) is 34.1 Å². The van der Waals surface area contributed by atoms with Crippen molar-refractivity contribution in [2.24, 2.45) is 52.3 Å². The molecule has 0 amide bonds. The molecule has 5 fully saturated rings. The van der Waals surface area contributed by atoms with Crippen molar-refractivity contribution in [1.82, 2.24) is 4.90 Å². The summed E-state index contributed by atoms with van der Waals surface area (Å²) in [6.45, 7) is 24.4. The maximum absolute atomic E-state index is 14.4. The van der Waals surface area contributed by atoms with Crippen molar-refractivity contribution in [2.75, 3.05) is 19.8 Å². The number of carbonyl (C=O) groups is 1. The first kappa shape index (κ1) is 51.7. The number of ether oxygens (including phenoxy) is 5. The highest BCUT2D eigenvalue weighted by atomic mass is 35.5. The molecule has 4 saturated carbocycles. The topological polar surface area (TPSA) is 91.0 Å². The molecule has 1 N–H and O–H groups in total. The fraction of sp³-hybridized carbons (Fsp3) is 0.587. The number of hydrogen-bond acceptors (Lipinski definition) is 8. The SMILES string of the molecule is [C-]#[N+]c1cccc(COc2cc(OCc3cccc(-c4ccc5c(c4)OCCO5)c3C)c(Cl)cc2CN2C[C@H](O)C[C@@H]2C(=O)OC2CC[C@@]3(C)C(CC[C@H]4[C@@H]5CC[C@H](C(C)CCCC(C)C)[C@@]5(C)CC[C@@H]43)C2)c1. The number of hydrogen-bond donors (Lipinski definition) is 1. The Bertz CT molecular complexity index is 2660. The van der Waals surface area contributed by atoms with E-state index in [0.717, 1.165) is 99.6 Å². The van der Waals surface area contributed by atoms with Crippen LogP contribution >= 0.6 is 11.6 Å². The van der Waals surface area contributed by atoms with Gasteiger partial charge in [-0.1, -0.05) is 108 Å². The lowest BCUT2D eigenvalue weighted by Crippen LogP contribution is -2.54. The maximum atomic E-state index is 14.4. The van der Waals surface area contributed by atoms with Crippen LogP contribution in [0.4, 0.5) is 5.69 Å². The Morgan fingerprint density at radius 2 is 1.62 bits per heavy atom. The van der Waals surface area contributed by atoms with Crippen LogP contribution in [0.1, 0.15) is 140 Å². The maximum Gasteiger partial charge on any atom is 0.323 e. The summed E-state index contributed by atoms with van der Waals surface area (Å²) in [5, 5.41) is 11.6. The van der Waals surface area contributed by atoms with E-state index in [1.807, 2.05) is 53.4 Å². The molecule has 9 nitrogen and oxygen atoms in total. The molecule has 1 saturated heterocycles. The van der Waals surface area contributed by atoms with Crippen LogP contribution in [0.3, 0.4) is 0 Å². The van der Waals surface area contributed by atoms with E-state index in [4.69, 9.17) is 41.9 Å². The fourth-order valence-corrected chi connectivity index (χ4v) is 15.7. The van der Waals surface area contributed by atoms with Gasteiger partial charge in [0.25, 0.3) is 0 Å². The second-order valence-corrected chi connectivity index (χ2v) is 24.5. The second kappa shape index (κ2) is 21.8. The smallest absolute Gasteiger partial charge is 0.323 e. The largest absolute Gasteiger partial charge is 0.488 e. The highest BCUT2D eigenvalue weighted by molar-refractivity contribution is 6.32. The van der Waals surface area contributed by atoms with E-state index in [1.54, 1.807) is 6.07 Å². The number of nitrogens with zero attached hydrogens (tertiary/aromatic N) is 2. The number of rotatable bonds is 16. The first-order valence-corrected chi connectivity index (χ1v) is 28.2. The lowest BCUT2D eigenvalue weighted by Gasteiger charge is -2.61. The average Bonchev–Trinajstić information content (AvgIpc) is 3.94. The number of β-amino-alcohol motifs (C(OH)–C–C–N with tert-alkyl or cyclic N) is 1. The zero-order valence-corrected chi connectivity index (χ0v) is 45.1. The van der Waals surface area contributed by atoms with Gasteiger partial charge in [-0.15, -0.1) is 0 Å². The molecule has 4 aromatic carbocycles. The minimum atomic E-state index is -0.669. The van der Waals surface area contributed by atoms with Crippen LogP contribution in [0.25, 0.3) is 16.0 Å². The first-order chi connectivity index (χ1) is 35.2. The predicted molar refractivity (Wildman–Crippen MR) is 288 cm³/mol. The van der Waals surface area contributed by atoms with Crippen molar-refractivity contribution in [3.05, 3.63) is 111 Å². The van der Waals surface area contributed by atoms with Crippen LogP contribution in [-0.2, 0) is 29.3 Å². The Morgan fingerprint density at radius 3 is 2.44 bits per heavy atom. The lowest BCUT2D eigenvalue weighted by molar-refractivity contribution is -0.167. The predicted octanol–water partition coefficient (Wildman–Crippen LogP) is 14.8. The summed E-state index contributed by atoms with van der Waals surface area (Å²) in [5.74, 6) is 7.74. The molecule has 10 heteroatoms. The van der Waals surface area contributed by atoms with E-state index in [1.165, 1.54) is 57.8 Å². The number of halogens is 1. The van der Waals surface area contributed by atoms with Gasteiger partial charge in [0, 0.05) is 31.1 Å². The van der Waals surface area contributed by atoms with Crippen LogP contribution in [-0.4, -0.2) is 54.0 Å². The molecular formula is C63H79ClN2O7. The van der Waals surface area contributed by atoms with E-state index in [-0.39, 0.29) is 25.3 Å². The van der Waals surface area contributed by atoms with E-state index < -0.39 is 12.1 Å². The molecule has 2 heterocycles. The second-order valence-electron chi connectivity index (χ2n) is 24.1. The quantitative estimate of drug-likeness (QED) is 0.0877. The number of aliphatic hydroxyl groups excluding tert-OH is 1. The number of carbonyl (C=O) groups excluding carboxylic acids is 1. The van der Waals surface area contributed by atoms with Crippen molar-refractivity contribution >= 4 is 23.3 Å². The average molecular weight is 1010 g/mol. The zero-order valence-electron chi connectivity index (χ0n) is 44.3. The summed E-state index contributed by atoms with van der Waals surface area (Å²) in [4.78, 5) is 20.0. The van der Waals surface area contributed by atoms with Gasteiger partial charge >= 0.3 is 5.97 Å². The van der Waals surface area contributed by atoms with Gasteiger partial charge in [-0.25, -0.2) is 4.85 Å². The standard InChI is InChI=1S/C63H79ClN2O7/c1-39(2)11-8-12-40(3)52-20-21-53-51-19-18-46-32-49(23-25-62(46,5)54(51)24-26-63(52,53)6)73-61(68)56-33-48(67)36-66(56)35-45-30-55(64)59(34-58(45)71-37-42-13-9-15-47(29-42)65-7)72-38-44-14-10-16-50(41(44)4)43-17-22-57-60(31-43)70-28-27-69-57/h9-10,13-17,22,29-31,34,39-40,46,48-49,51-54,56,67H,8,11-12,18-21,23-28,32-33,35-38H2,1-6H3/t40?,46?,48-,49?,51+,52-,53+,54+,56-,62+,63-/m1/s1. The number of fused-ring (bicyclic) bond motifs is 6. The van der Waals surface area contributed by atoms with Gasteiger partial charge in [-0.05, 0) is 169 Å². The first-order valence-electron chi connectivity index (χ1n) is 27.9. The number of aliphatic hydroxyl groups is 1. The highest BCUT2D eigenvalue weighted by Crippen LogP contribution is 2.68. The van der Waals surface area contributed by atoms with Crippen molar-refractivity contribution in [3.63, 3.8) is 0 Å². The monoisotopic (exact) mass is 1010 g/mol. The summed E-state index contributed by atoms with van der Waals surface area (Å²) >= 11 is 7.09. The lowest BCUT2D eigenvalue weighted by atomic mass is 9.44. The third kappa shape index (κ3) is 10.7. The Hall–Kier alpha value is -4.75. The summed E-state index contributed by atoms with van der Waals surface area (Å²) in [6.07, 6.45) is 14.7. The van der Waals surface area contributed by atoms with Crippen LogP contribution in [0, 0.1) is 65.8 Å². The van der Waals surface area contributed by atoms with Crippen molar-refractivity contribution in [2.45, 2.75) is 163 Å². The third-order valence-electron chi connectivity index (χ3n) is 19.4. The van der Waals surface area contributed by atoms with Crippen LogP contribution < -0.4 is 18.9 Å². The third-order valence-corrected chi connectivity index (χ3v) is 19.7. The van der Waals surface area contributed by atoms with Crippen molar-refractivity contribution < 1.29 is 33.6 Å². The highest BCUT2D eigenvalue weighted by Gasteiger charge is 2.61. The summed E-state index contributed by atoms with van der Waals surface area (Å²) in [6, 6.07) is 22.7. The molecule has 0 spiro atoms. The molecule has 3 unspecified atom stereocenters. The molecule has 0 bridgehead atoms. The molecule has 6 aliphatic rings. The van der Waals surface area contributed by atoms with E-state index >= 15 is 0 Å². The molecule has 10 rings (SSSR count). The molecule has 11 atom stereocenters. The van der Waals surface area contributed by atoms with Crippen molar-refractivity contribution in [1.29, 1.82) is 0 Å². The minimum Gasteiger partial charge on any atom is -0.488 e. The molecule has 73 heavy (non-hydrogen) atoms. The number of likely N-dealkylation sites (tertiary alicyclic amines) is 1. The van der Waals surface area contributed by atoms with Gasteiger partial charge in [0.15, 0.2) is 17.2 Å². The molecule has 390 valence electrons. The Kier molecular flexibility index (Phi) is 15.5. The van der Waals surface area contributed by atoms with Gasteiger partial charge in [0.2, 0.25) is 0 Å². The molecule has 0 radical (unpaired) electrons. The van der Waals surface area contributed by atoms with Crippen LogP contribution in [0.2, 0.25) is 5.02 Å². The van der Waals surface area contributed by atoms with Gasteiger partial charge < -0.3 is 28.8 Å². The van der Waals surface area contributed by atoms with Gasteiger partial charge in [-0.3, -0.25) is 9.69 Å². The Morgan fingerprint density at radius 1 is 0.836 bits per heavy atom. The Labute approximate surface area is 440 Å². The van der Waals surface area contributed by atoms with Gasteiger partial charge in [0.05, 0.1) is 17.7 Å². The summed E-state index contributed by atoms with van der Waals surface area (Å²) in [5.41, 5.74) is 7.12. The summed E-state index contributed by atoms with van der Waals surface area (Å²) < 4.78 is 31.2. The molecule has 4 aliphatic carbocycles. The van der Waals surface area contributed by atoms with Crippen LogP contribution in [0.5, 0.6) is 23.0 Å². The molecule has 4 aromatic rings. The summed E-state index contributed by atoms with van der Waals surface area (Å²) in [7, 11) is 0. The molecular weight excluding hydrogens is 932 g/mol. The van der Waals surface area contributed by atoms with Gasteiger partial charge in [0.1, 0.15) is 50.1 Å². The number of esters is 1.